The summed E-state index contributed by atoms with van der Waals surface area (Å²) >= 11 is 5.16. The van der Waals surface area contributed by atoms with Crippen LogP contribution in [0.2, 0.25) is 0 Å². The van der Waals surface area contributed by atoms with Crippen LogP contribution in [0.25, 0.3) is 11.3 Å². The topological polar surface area (TPSA) is 53.4 Å². The van der Waals surface area contributed by atoms with Gasteiger partial charge in [-0.05, 0) is 30.7 Å². The summed E-state index contributed by atoms with van der Waals surface area (Å²) in [5, 5.41) is 15.9. The van der Waals surface area contributed by atoms with Crippen molar-refractivity contribution in [2.24, 2.45) is 10.1 Å². The van der Waals surface area contributed by atoms with E-state index in [1.54, 1.807) is 29.5 Å². The molecule has 0 N–H and O–H groups in total. The summed E-state index contributed by atoms with van der Waals surface area (Å²) in [5.41, 5.74) is 4.44. The fourth-order valence-corrected chi connectivity index (χ4v) is 3.81. The summed E-state index contributed by atoms with van der Waals surface area (Å²) in [6, 6.07) is 17.6. The van der Waals surface area contributed by atoms with Gasteiger partial charge in [0.15, 0.2) is 0 Å². The van der Waals surface area contributed by atoms with E-state index in [0.29, 0.717) is 12.1 Å². The van der Waals surface area contributed by atoms with Crippen LogP contribution in [0, 0.1) is 11.3 Å². The molecular formula is C21H17BrN4S. The molecule has 0 spiro atoms. The number of nitriles is 1. The van der Waals surface area contributed by atoms with Gasteiger partial charge in [-0.15, -0.1) is 17.9 Å². The maximum atomic E-state index is 8.97. The molecule has 0 aliphatic heterocycles. The number of halogens is 1. The molecule has 134 valence electrons. The molecule has 0 bridgehead atoms. The second kappa shape index (κ2) is 8.76. The van der Waals surface area contributed by atoms with Gasteiger partial charge in [0.05, 0.1) is 29.6 Å². The molecule has 0 saturated heterocycles. The highest BCUT2D eigenvalue weighted by atomic mass is 79.9. The zero-order valence-electron chi connectivity index (χ0n) is 14.8. The standard InChI is InChI=1S/C21H17BrN4S/c1-3-12-24-21-26(20(14-27-21)18-6-4-5-7-19(18)22)25-15(2)17-10-8-16(13-23)9-11-17/h3-11,14H,1,12H2,2H3. The Morgan fingerprint density at radius 1 is 1.26 bits per heavy atom. The van der Waals surface area contributed by atoms with Gasteiger partial charge in [0, 0.05) is 15.4 Å². The van der Waals surface area contributed by atoms with Gasteiger partial charge in [0.25, 0.3) is 0 Å². The lowest BCUT2D eigenvalue weighted by Gasteiger charge is -2.08. The highest BCUT2D eigenvalue weighted by molar-refractivity contribution is 9.10. The van der Waals surface area contributed by atoms with E-state index in [2.05, 4.69) is 39.0 Å². The first-order valence-corrected chi connectivity index (χ1v) is 9.94. The summed E-state index contributed by atoms with van der Waals surface area (Å²) in [6.45, 7) is 6.22. The minimum Gasteiger partial charge on any atom is -0.253 e. The Hall–Kier alpha value is -2.75. The molecule has 27 heavy (non-hydrogen) atoms. The van der Waals surface area contributed by atoms with Crippen molar-refractivity contribution in [3.63, 3.8) is 0 Å². The van der Waals surface area contributed by atoms with Crippen LogP contribution in [0.3, 0.4) is 0 Å². The smallest absolute Gasteiger partial charge is 0.206 e. The maximum absolute atomic E-state index is 8.97. The summed E-state index contributed by atoms with van der Waals surface area (Å²) in [6.07, 6.45) is 1.76. The van der Waals surface area contributed by atoms with Gasteiger partial charge in [0.1, 0.15) is 0 Å². The third kappa shape index (κ3) is 4.33. The van der Waals surface area contributed by atoms with Crippen molar-refractivity contribution in [2.75, 3.05) is 6.54 Å². The van der Waals surface area contributed by atoms with Crippen molar-refractivity contribution in [1.82, 2.24) is 4.68 Å². The molecule has 0 atom stereocenters. The molecule has 0 radical (unpaired) electrons. The molecule has 0 fully saturated rings. The van der Waals surface area contributed by atoms with Crippen LogP contribution < -0.4 is 4.80 Å². The van der Waals surface area contributed by atoms with E-state index < -0.39 is 0 Å². The van der Waals surface area contributed by atoms with Crippen LogP contribution >= 0.6 is 27.3 Å². The monoisotopic (exact) mass is 436 g/mol. The van der Waals surface area contributed by atoms with Crippen molar-refractivity contribution < 1.29 is 0 Å². The van der Waals surface area contributed by atoms with E-state index in [9.17, 15) is 0 Å². The van der Waals surface area contributed by atoms with E-state index in [-0.39, 0.29) is 0 Å². The van der Waals surface area contributed by atoms with E-state index >= 15 is 0 Å². The quantitative estimate of drug-likeness (QED) is 0.399. The van der Waals surface area contributed by atoms with E-state index in [1.807, 2.05) is 48.0 Å². The van der Waals surface area contributed by atoms with Crippen molar-refractivity contribution in [3.05, 3.63) is 87.0 Å². The van der Waals surface area contributed by atoms with Crippen LogP contribution in [-0.2, 0) is 0 Å². The van der Waals surface area contributed by atoms with Gasteiger partial charge < -0.3 is 0 Å². The number of nitrogens with zero attached hydrogens (tertiary/aromatic N) is 4. The van der Waals surface area contributed by atoms with Gasteiger partial charge >= 0.3 is 0 Å². The Kier molecular flexibility index (Phi) is 6.17. The van der Waals surface area contributed by atoms with Crippen LogP contribution in [0.5, 0.6) is 0 Å². The van der Waals surface area contributed by atoms with Gasteiger partial charge in [-0.1, -0.05) is 52.3 Å². The predicted molar refractivity (Wildman–Crippen MR) is 115 cm³/mol. The Labute approximate surface area is 170 Å². The highest BCUT2D eigenvalue weighted by Crippen LogP contribution is 2.28. The summed E-state index contributed by atoms with van der Waals surface area (Å²) < 4.78 is 2.86. The van der Waals surface area contributed by atoms with Crippen LogP contribution in [0.4, 0.5) is 0 Å². The van der Waals surface area contributed by atoms with Crippen molar-refractivity contribution in [1.29, 1.82) is 5.26 Å². The molecule has 0 unspecified atom stereocenters. The molecule has 3 aromatic rings. The number of aromatic nitrogens is 1. The minimum atomic E-state index is 0.529. The normalized spacial score (nSPS) is 12.0. The molecule has 0 saturated carbocycles. The molecular weight excluding hydrogens is 420 g/mol. The second-order valence-electron chi connectivity index (χ2n) is 5.70. The molecule has 0 aliphatic rings. The van der Waals surface area contributed by atoms with Gasteiger partial charge in [-0.3, -0.25) is 4.99 Å². The third-order valence-corrected chi connectivity index (χ3v) is 5.42. The minimum absolute atomic E-state index is 0.529. The van der Waals surface area contributed by atoms with Gasteiger partial charge in [0.2, 0.25) is 4.80 Å². The number of hydrogen-bond acceptors (Lipinski definition) is 4. The van der Waals surface area contributed by atoms with Crippen molar-refractivity contribution in [3.8, 4) is 17.3 Å². The molecule has 0 aliphatic carbocycles. The third-order valence-electron chi connectivity index (χ3n) is 3.87. The average Bonchev–Trinajstić information content (AvgIpc) is 3.09. The van der Waals surface area contributed by atoms with E-state index in [4.69, 9.17) is 10.4 Å². The summed E-state index contributed by atoms with van der Waals surface area (Å²) in [4.78, 5) is 5.37. The number of thiazole rings is 1. The SMILES string of the molecule is C=CCN=c1scc(-c2ccccc2Br)n1N=C(C)c1ccc(C#N)cc1. The molecule has 1 aromatic heterocycles. The van der Waals surface area contributed by atoms with Gasteiger partial charge in [-0.25, -0.2) is 4.68 Å². The maximum Gasteiger partial charge on any atom is 0.206 e. The summed E-state index contributed by atoms with van der Waals surface area (Å²) in [5.74, 6) is 0. The van der Waals surface area contributed by atoms with Crippen molar-refractivity contribution in [2.45, 2.75) is 6.92 Å². The largest absolute Gasteiger partial charge is 0.253 e. The Bertz CT molecular complexity index is 1100. The first-order valence-electron chi connectivity index (χ1n) is 8.27. The van der Waals surface area contributed by atoms with E-state index in [0.717, 1.165) is 31.8 Å². The summed E-state index contributed by atoms with van der Waals surface area (Å²) in [7, 11) is 0. The van der Waals surface area contributed by atoms with E-state index in [1.165, 1.54) is 0 Å². The second-order valence-corrected chi connectivity index (χ2v) is 7.39. The van der Waals surface area contributed by atoms with Crippen LogP contribution in [0.15, 0.2) is 81.1 Å². The Morgan fingerprint density at radius 2 is 2.00 bits per heavy atom. The first-order chi connectivity index (χ1) is 13.1. The fraction of sp³-hybridized carbons (Fsp3) is 0.0952. The number of rotatable bonds is 5. The molecule has 4 nitrogen and oxygen atoms in total. The number of benzene rings is 2. The van der Waals surface area contributed by atoms with Crippen molar-refractivity contribution >= 4 is 33.0 Å². The number of hydrogen-bond donors (Lipinski definition) is 0. The molecule has 0 amide bonds. The predicted octanol–water partition coefficient (Wildman–Crippen LogP) is 5.21. The zero-order chi connectivity index (χ0) is 19.2. The lowest BCUT2D eigenvalue weighted by atomic mass is 10.1. The zero-order valence-corrected chi connectivity index (χ0v) is 17.2. The fourth-order valence-electron chi connectivity index (χ4n) is 2.50. The van der Waals surface area contributed by atoms with Crippen LogP contribution in [-0.4, -0.2) is 16.9 Å². The van der Waals surface area contributed by atoms with Crippen LogP contribution in [0.1, 0.15) is 18.1 Å². The first kappa shape index (κ1) is 19.0. The average molecular weight is 437 g/mol. The molecule has 1 heterocycles. The van der Waals surface area contributed by atoms with Gasteiger partial charge in [-0.2, -0.15) is 10.4 Å². The highest BCUT2D eigenvalue weighted by Gasteiger charge is 2.11. The molecule has 6 heteroatoms. The lowest BCUT2D eigenvalue weighted by Crippen LogP contribution is -2.14. The molecule has 2 aromatic carbocycles. The Morgan fingerprint density at radius 3 is 2.67 bits per heavy atom. The lowest BCUT2D eigenvalue weighted by molar-refractivity contribution is 0.834. The Balaban J connectivity index is 2.14. The molecule has 3 rings (SSSR count).